The zero-order chi connectivity index (χ0) is 14.6. The molecule has 0 radical (unpaired) electrons. The molecule has 1 N–H and O–H groups in total. The molecule has 1 aromatic rings. The maximum Gasteiger partial charge on any atom is 0.309 e. The van der Waals surface area contributed by atoms with Crippen LogP contribution in [0.15, 0.2) is 24.3 Å². The van der Waals surface area contributed by atoms with Crippen LogP contribution in [0.5, 0.6) is 5.75 Å². The van der Waals surface area contributed by atoms with Crippen LogP contribution in [0, 0.1) is 5.92 Å². The first-order valence-corrected chi connectivity index (χ1v) is 9.70. The zero-order valence-corrected chi connectivity index (χ0v) is 13.1. The average molecular weight is 282 g/mol. The molecule has 0 saturated heterocycles. The smallest absolute Gasteiger partial charge is 0.309 e. The van der Waals surface area contributed by atoms with Gasteiger partial charge in [0, 0.05) is 0 Å². The third kappa shape index (κ3) is 4.68. The van der Waals surface area contributed by atoms with Crippen molar-refractivity contribution in [1.29, 1.82) is 0 Å². The minimum atomic E-state index is -1.83. The molecule has 106 valence electrons. The van der Waals surface area contributed by atoms with Gasteiger partial charge < -0.3 is 14.3 Å². The molecule has 0 spiro atoms. The van der Waals surface area contributed by atoms with Crippen LogP contribution < -0.4 is 4.74 Å². The van der Waals surface area contributed by atoms with Crippen LogP contribution in [0.1, 0.15) is 18.6 Å². The summed E-state index contributed by atoms with van der Waals surface area (Å²) in [6, 6.07) is 7.38. The first kappa shape index (κ1) is 15.7. The minimum Gasteiger partial charge on any atom is -0.497 e. The van der Waals surface area contributed by atoms with Crippen molar-refractivity contribution in [2.75, 3.05) is 7.11 Å². The quantitative estimate of drug-likeness (QED) is 0.813. The summed E-state index contributed by atoms with van der Waals surface area (Å²) in [6.45, 7) is 7.84. The number of carboxylic acid groups (broad SMARTS) is 1. The maximum absolute atomic E-state index is 11.2. The number of carboxylic acids is 1. The van der Waals surface area contributed by atoms with Gasteiger partial charge in [-0.25, -0.2) is 0 Å². The third-order valence-corrected chi connectivity index (χ3v) is 3.73. The maximum atomic E-state index is 11.2. The summed E-state index contributed by atoms with van der Waals surface area (Å²) < 4.78 is 11.1. The number of hydrogen-bond donors (Lipinski definition) is 1. The van der Waals surface area contributed by atoms with Crippen molar-refractivity contribution >= 4 is 14.3 Å². The average Bonchev–Trinajstić information content (AvgIpc) is 2.34. The second kappa shape index (κ2) is 6.21. The van der Waals surface area contributed by atoms with Gasteiger partial charge in [0.2, 0.25) is 0 Å². The van der Waals surface area contributed by atoms with Gasteiger partial charge >= 0.3 is 5.97 Å². The Labute approximate surface area is 115 Å². The molecule has 19 heavy (non-hydrogen) atoms. The molecular formula is C14H22O4Si. The van der Waals surface area contributed by atoms with Gasteiger partial charge in [0.1, 0.15) is 5.75 Å². The van der Waals surface area contributed by atoms with Crippen LogP contribution in [-0.2, 0) is 9.22 Å². The molecular weight excluding hydrogens is 260 g/mol. The number of carbonyl (C=O) groups is 1. The Hall–Kier alpha value is -1.33. The molecule has 0 bridgehead atoms. The fourth-order valence-electron chi connectivity index (χ4n) is 1.76. The molecule has 1 aromatic carbocycles. The van der Waals surface area contributed by atoms with Gasteiger partial charge in [-0.2, -0.15) is 0 Å². The van der Waals surface area contributed by atoms with E-state index in [1.165, 1.54) is 0 Å². The Balaban J connectivity index is 3.03. The van der Waals surface area contributed by atoms with E-state index < -0.39 is 26.3 Å². The lowest BCUT2D eigenvalue weighted by Gasteiger charge is -2.29. The Bertz CT molecular complexity index is 422. The molecule has 1 rings (SSSR count). The van der Waals surface area contributed by atoms with Crippen molar-refractivity contribution in [3.63, 3.8) is 0 Å². The number of methoxy groups -OCH3 is 1. The summed E-state index contributed by atoms with van der Waals surface area (Å²) in [6.07, 6.45) is -0.421. The van der Waals surface area contributed by atoms with E-state index in [1.807, 2.05) is 24.3 Å². The summed E-state index contributed by atoms with van der Waals surface area (Å²) >= 11 is 0. The van der Waals surface area contributed by atoms with Crippen LogP contribution in [0.3, 0.4) is 0 Å². The van der Waals surface area contributed by atoms with Crippen molar-refractivity contribution in [3.8, 4) is 5.75 Å². The van der Waals surface area contributed by atoms with E-state index in [0.29, 0.717) is 0 Å². The molecule has 4 nitrogen and oxygen atoms in total. The molecule has 0 heterocycles. The topological polar surface area (TPSA) is 55.8 Å². The van der Waals surface area contributed by atoms with Gasteiger partial charge in [-0.3, -0.25) is 4.79 Å². The summed E-state index contributed by atoms with van der Waals surface area (Å²) in [5.41, 5.74) is 0.873. The predicted molar refractivity (Wildman–Crippen MR) is 77.0 cm³/mol. The monoisotopic (exact) mass is 282 g/mol. The molecule has 2 atom stereocenters. The largest absolute Gasteiger partial charge is 0.497 e. The lowest BCUT2D eigenvalue weighted by molar-refractivity contribution is -0.144. The summed E-state index contributed by atoms with van der Waals surface area (Å²) in [7, 11) is -0.226. The predicted octanol–water partition coefficient (Wildman–Crippen LogP) is 3.31. The van der Waals surface area contributed by atoms with Crippen molar-refractivity contribution in [2.24, 2.45) is 5.92 Å². The van der Waals surface area contributed by atoms with Crippen molar-refractivity contribution in [1.82, 2.24) is 0 Å². The van der Waals surface area contributed by atoms with E-state index in [-0.39, 0.29) is 0 Å². The normalized spacial score (nSPS) is 14.8. The second-order valence-corrected chi connectivity index (χ2v) is 10.0. The first-order valence-electron chi connectivity index (χ1n) is 6.29. The number of ether oxygens (including phenoxy) is 1. The third-order valence-electron chi connectivity index (χ3n) is 2.77. The van der Waals surface area contributed by atoms with E-state index >= 15 is 0 Å². The number of benzene rings is 1. The van der Waals surface area contributed by atoms with Crippen molar-refractivity contribution in [2.45, 2.75) is 32.7 Å². The highest BCUT2D eigenvalue weighted by Gasteiger charge is 2.30. The standard InChI is InChI=1S/C14H22O4Si/c1-10(14(15)16)13(18-19(3,4)5)11-6-8-12(17-2)9-7-11/h6-10,13H,1-5H3,(H,15,16)/t10-,13+/m0/s1. The van der Waals surface area contributed by atoms with E-state index in [4.69, 9.17) is 9.16 Å². The first-order chi connectivity index (χ1) is 8.74. The summed E-state index contributed by atoms with van der Waals surface area (Å²) in [5, 5.41) is 9.22. The molecule has 0 amide bonds. The van der Waals surface area contributed by atoms with Gasteiger partial charge in [-0.05, 0) is 44.3 Å². The molecule has 0 aliphatic carbocycles. The Morgan fingerprint density at radius 3 is 2.11 bits per heavy atom. The van der Waals surface area contributed by atoms with Crippen LogP contribution >= 0.6 is 0 Å². The van der Waals surface area contributed by atoms with Crippen molar-refractivity contribution in [3.05, 3.63) is 29.8 Å². The molecule has 0 aliphatic heterocycles. The lowest BCUT2D eigenvalue weighted by Crippen LogP contribution is -2.33. The zero-order valence-electron chi connectivity index (χ0n) is 12.1. The van der Waals surface area contributed by atoms with E-state index in [9.17, 15) is 9.90 Å². The van der Waals surface area contributed by atoms with Gasteiger partial charge in [0.05, 0.1) is 19.1 Å². The molecule has 0 aromatic heterocycles. The Kier molecular flexibility index (Phi) is 5.14. The van der Waals surface area contributed by atoms with E-state index in [0.717, 1.165) is 11.3 Å². The SMILES string of the molecule is COc1ccc([C@H](O[Si](C)(C)C)[C@H](C)C(=O)O)cc1. The van der Waals surface area contributed by atoms with E-state index in [2.05, 4.69) is 19.6 Å². The van der Waals surface area contributed by atoms with Crippen LogP contribution in [-0.4, -0.2) is 26.5 Å². The summed E-state index contributed by atoms with van der Waals surface area (Å²) in [5.74, 6) is -0.683. The van der Waals surface area contributed by atoms with E-state index in [1.54, 1.807) is 14.0 Å². The highest BCUT2D eigenvalue weighted by Crippen LogP contribution is 2.30. The van der Waals surface area contributed by atoms with Crippen LogP contribution in [0.25, 0.3) is 0 Å². The summed E-state index contributed by atoms with van der Waals surface area (Å²) in [4.78, 5) is 11.2. The molecule has 0 aliphatic rings. The lowest BCUT2D eigenvalue weighted by atomic mass is 9.97. The van der Waals surface area contributed by atoms with Gasteiger partial charge in [-0.15, -0.1) is 0 Å². The fourth-order valence-corrected chi connectivity index (χ4v) is 2.86. The number of rotatable bonds is 6. The molecule has 0 fully saturated rings. The highest BCUT2D eigenvalue weighted by molar-refractivity contribution is 6.69. The highest BCUT2D eigenvalue weighted by atomic mass is 28.4. The number of hydrogen-bond acceptors (Lipinski definition) is 3. The van der Waals surface area contributed by atoms with Gasteiger partial charge in [0.25, 0.3) is 0 Å². The van der Waals surface area contributed by atoms with Gasteiger partial charge in [-0.1, -0.05) is 12.1 Å². The molecule has 0 unspecified atom stereocenters. The van der Waals surface area contributed by atoms with Crippen molar-refractivity contribution < 1.29 is 19.1 Å². The molecule has 0 saturated carbocycles. The minimum absolute atomic E-state index is 0.421. The molecule has 5 heteroatoms. The van der Waals surface area contributed by atoms with Gasteiger partial charge in [0.15, 0.2) is 8.32 Å². The fraction of sp³-hybridized carbons (Fsp3) is 0.500. The number of aliphatic carboxylic acids is 1. The van der Waals surface area contributed by atoms with Crippen LogP contribution in [0.2, 0.25) is 19.6 Å². The second-order valence-electron chi connectivity index (χ2n) is 5.55. The van der Waals surface area contributed by atoms with Crippen LogP contribution in [0.4, 0.5) is 0 Å². The Morgan fingerprint density at radius 2 is 1.74 bits per heavy atom. The Morgan fingerprint density at radius 1 is 1.21 bits per heavy atom.